The maximum atomic E-state index is 15.5. The summed E-state index contributed by atoms with van der Waals surface area (Å²) in [5.41, 5.74) is -1.13. The summed E-state index contributed by atoms with van der Waals surface area (Å²) in [5, 5.41) is 22.5. The van der Waals surface area contributed by atoms with Gasteiger partial charge in [0.25, 0.3) is 0 Å². The Hall–Kier alpha value is -1.87. The van der Waals surface area contributed by atoms with Gasteiger partial charge in [0.2, 0.25) is 0 Å². The summed E-state index contributed by atoms with van der Waals surface area (Å²) in [5.74, 6) is -1.37. The quantitative estimate of drug-likeness (QED) is 0.395. The third-order valence-corrected chi connectivity index (χ3v) is 6.68. The van der Waals surface area contributed by atoms with Crippen LogP contribution < -0.4 is 0 Å². The molecule has 2 aromatic carbocycles. The average molecular weight is 558 g/mol. The first-order chi connectivity index (χ1) is 15.4. The molecule has 2 N–H and O–H groups in total. The molecule has 1 unspecified atom stereocenters. The van der Waals surface area contributed by atoms with Gasteiger partial charge in [0.1, 0.15) is 0 Å². The van der Waals surface area contributed by atoms with Crippen molar-refractivity contribution in [3.8, 4) is 11.3 Å². The number of aromatic nitrogens is 1. The number of rotatable bonds is 8. The Morgan fingerprint density at radius 3 is 2.15 bits per heavy atom. The third-order valence-electron chi connectivity index (χ3n) is 5.78. The van der Waals surface area contributed by atoms with Crippen LogP contribution in [0.25, 0.3) is 11.3 Å². The van der Waals surface area contributed by atoms with E-state index in [1.807, 2.05) is 44.2 Å². The zero-order valence-corrected chi connectivity index (χ0v) is 22.2. The molecule has 3 rings (SSSR count). The summed E-state index contributed by atoms with van der Waals surface area (Å²) in [6.07, 6.45) is 0. The van der Waals surface area contributed by atoms with Crippen LogP contribution in [-0.4, -0.2) is 47.7 Å². The summed E-state index contributed by atoms with van der Waals surface area (Å²) in [7, 11) is 0. The zero-order valence-electron chi connectivity index (χ0n) is 19.3. The van der Waals surface area contributed by atoms with Crippen LogP contribution in [0.15, 0.2) is 60.7 Å². The van der Waals surface area contributed by atoms with E-state index in [0.29, 0.717) is 12.1 Å². The fraction of sp³-hybridized carbons (Fsp3) is 0.346. The van der Waals surface area contributed by atoms with Gasteiger partial charge in [0.05, 0.1) is 0 Å². The van der Waals surface area contributed by atoms with Gasteiger partial charge in [-0.3, -0.25) is 0 Å². The van der Waals surface area contributed by atoms with E-state index < -0.39 is 22.8 Å². The standard InChI is InChI=1S/C26H29F2N2O2.Sn/c1-17(2)26(32,16-29-15-18-8-6-5-7-9-18)22-14-21(25(3,4)31)23(28)24(30-22)19-10-12-20(27)13-11-19;/h5-14,17,31-32H,15-16H2,1-4H3;/q-1;+1. The molecule has 0 saturated carbocycles. The number of nitrogens with zero attached hydrogens (tertiary/aromatic N) is 2. The number of halogens is 2. The van der Waals surface area contributed by atoms with Gasteiger partial charge in [-0.05, 0) is 0 Å². The molecule has 0 aliphatic carbocycles. The minimum atomic E-state index is -1.50. The topological polar surface area (TPSA) is 56.6 Å². The Morgan fingerprint density at radius 2 is 1.61 bits per heavy atom. The second-order valence-electron chi connectivity index (χ2n) is 9.20. The number of hydrogen-bond acceptors (Lipinski definition) is 4. The van der Waals surface area contributed by atoms with Crippen molar-refractivity contribution in [3.05, 3.63) is 89.1 Å². The molecule has 0 spiro atoms. The molecule has 0 aliphatic heterocycles. The van der Waals surface area contributed by atoms with Gasteiger partial charge in [0.15, 0.2) is 0 Å². The number of pyridine rings is 1. The van der Waals surface area contributed by atoms with Crippen LogP contribution in [0.3, 0.4) is 0 Å². The third kappa shape index (κ3) is 5.98. The summed E-state index contributed by atoms with van der Waals surface area (Å²) in [6, 6.07) is 16.8. The van der Waals surface area contributed by atoms with E-state index in [2.05, 4.69) is 8.11 Å². The molecule has 0 saturated heterocycles. The molecule has 3 aromatic rings. The molecule has 173 valence electrons. The van der Waals surface area contributed by atoms with Crippen molar-refractivity contribution in [3.63, 3.8) is 0 Å². The van der Waals surface area contributed by atoms with E-state index in [1.165, 1.54) is 44.2 Å². The molecule has 4 nitrogen and oxygen atoms in total. The molecule has 0 aliphatic rings. The minimum absolute atomic E-state index is 0.0256. The zero-order chi connectivity index (χ0) is 24.4. The molecule has 7 heteroatoms. The van der Waals surface area contributed by atoms with Gasteiger partial charge >= 0.3 is 208 Å². The molecule has 0 bridgehead atoms. The predicted octanol–water partition coefficient (Wildman–Crippen LogP) is 4.68. The van der Waals surface area contributed by atoms with Crippen LogP contribution in [0.4, 0.5) is 8.78 Å². The van der Waals surface area contributed by atoms with Crippen LogP contribution in [0.1, 0.15) is 44.5 Å². The molecule has 3 radical (unpaired) electrons. The number of hydrogen-bond donors (Lipinski definition) is 2. The van der Waals surface area contributed by atoms with Crippen LogP contribution in [0.2, 0.25) is 0 Å². The Labute approximate surface area is 207 Å². The first kappa shape index (κ1) is 25.7. The molecule has 1 heterocycles. The molecule has 33 heavy (non-hydrogen) atoms. The van der Waals surface area contributed by atoms with Gasteiger partial charge in [-0.2, -0.15) is 0 Å². The molecule has 1 aromatic heterocycles. The van der Waals surface area contributed by atoms with E-state index in [9.17, 15) is 14.6 Å². The van der Waals surface area contributed by atoms with Crippen LogP contribution in [0, 0.1) is 17.6 Å². The van der Waals surface area contributed by atoms with Gasteiger partial charge in [-0.15, -0.1) is 0 Å². The normalized spacial score (nSPS) is 14.0. The van der Waals surface area contributed by atoms with Gasteiger partial charge < -0.3 is 0 Å². The summed E-state index contributed by atoms with van der Waals surface area (Å²) in [6.45, 7) is 7.69. The van der Waals surface area contributed by atoms with Crippen molar-refractivity contribution < 1.29 is 19.0 Å². The summed E-state index contributed by atoms with van der Waals surface area (Å²) >= 11 is 1.12. The van der Waals surface area contributed by atoms with Gasteiger partial charge in [0, 0.05) is 0 Å². The first-order valence-electron chi connectivity index (χ1n) is 10.8. The number of benzene rings is 2. The Balaban J connectivity index is 2.10. The second-order valence-corrected chi connectivity index (χ2v) is 11.0. The summed E-state index contributed by atoms with van der Waals surface area (Å²) in [4.78, 5) is 4.52. The van der Waals surface area contributed by atoms with Crippen LogP contribution in [0.5, 0.6) is 0 Å². The fourth-order valence-corrected chi connectivity index (χ4v) is 4.91. The van der Waals surface area contributed by atoms with E-state index in [4.69, 9.17) is 0 Å². The van der Waals surface area contributed by atoms with Crippen molar-refractivity contribution in [2.24, 2.45) is 5.92 Å². The maximum absolute atomic E-state index is 15.5. The Morgan fingerprint density at radius 1 is 1.00 bits per heavy atom. The average Bonchev–Trinajstić information content (AvgIpc) is 2.74. The second kappa shape index (κ2) is 10.2. The first-order valence-corrected chi connectivity index (χ1v) is 12.1. The molecule has 1 atom stereocenters. The molecular weight excluding hydrogens is 529 g/mol. The Bertz CT molecular complexity index is 1090. The van der Waals surface area contributed by atoms with Gasteiger partial charge in [-0.1, -0.05) is 0 Å². The SMILES string of the molecule is CC(C)C(O)(C[N]([Sn])Cc1ccccc1)c1cc(C(C)(C)O)c(F)c(-c2ccc(F)cc2)n1. The monoisotopic (exact) mass is 559 g/mol. The predicted molar refractivity (Wildman–Crippen MR) is 126 cm³/mol. The van der Waals surface area contributed by atoms with E-state index in [-0.39, 0.29) is 29.4 Å². The van der Waals surface area contributed by atoms with Crippen molar-refractivity contribution in [2.45, 2.75) is 45.4 Å². The van der Waals surface area contributed by atoms with Crippen molar-refractivity contribution >= 4 is 22.8 Å². The fourth-order valence-electron chi connectivity index (χ4n) is 3.71. The Kier molecular flexibility index (Phi) is 7.94. The van der Waals surface area contributed by atoms with Crippen LogP contribution >= 0.6 is 0 Å². The molecular formula is C26H29F2N2O2Sn. The number of aliphatic hydroxyl groups is 2. The van der Waals surface area contributed by atoms with E-state index >= 15 is 4.39 Å². The molecule has 0 fully saturated rings. The molecule has 0 amide bonds. The summed E-state index contributed by atoms with van der Waals surface area (Å²) < 4.78 is 31.0. The van der Waals surface area contributed by atoms with Crippen molar-refractivity contribution in [1.82, 2.24) is 8.11 Å². The van der Waals surface area contributed by atoms with Crippen LogP contribution in [-0.2, 0) is 17.7 Å². The van der Waals surface area contributed by atoms with Gasteiger partial charge in [-0.25, -0.2) is 0 Å². The van der Waals surface area contributed by atoms with E-state index in [1.54, 1.807) is 0 Å². The van der Waals surface area contributed by atoms with Crippen molar-refractivity contribution in [2.75, 3.05) is 6.54 Å². The van der Waals surface area contributed by atoms with E-state index in [0.717, 1.165) is 28.4 Å². The van der Waals surface area contributed by atoms with Crippen molar-refractivity contribution in [1.29, 1.82) is 0 Å².